The van der Waals surface area contributed by atoms with Crippen molar-refractivity contribution in [1.29, 1.82) is 0 Å². The zero-order chi connectivity index (χ0) is 8.57. The molecule has 0 aromatic carbocycles. The molecule has 0 amide bonds. The number of allylic oxidation sites excluding steroid dienone is 1. The molecule has 0 radical (unpaired) electrons. The van der Waals surface area contributed by atoms with Crippen molar-refractivity contribution in [3.63, 3.8) is 0 Å². The van der Waals surface area contributed by atoms with Crippen LogP contribution in [0.15, 0.2) is 11.9 Å². The molecule has 0 bridgehead atoms. The van der Waals surface area contributed by atoms with E-state index in [4.69, 9.17) is 5.73 Å². The minimum absolute atomic E-state index is 0.447. The molecule has 10 heavy (non-hydrogen) atoms. The highest BCUT2D eigenvalue weighted by Crippen LogP contribution is 1.98. The summed E-state index contributed by atoms with van der Waals surface area (Å²) in [6.45, 7) is 8.12. The van der Waals surface area contributed by atoms with E-state index in [-0.39, 0.29) is 0 Å². The van der Waals surface area contributed by atoms with Crippen LogP contribution in [0.5, 0.6) is 0 Å². The highest BCUT2D eigenvalue weighted by molar-refractivity contribution is 4.96. The molecule has 0 aliphatic heterocycles. The lowest BCUT2D eigenvalue weighted by Crippen LogP contribution is -2.09. The molecule has 0 saturated carbocycles. The quantitative estimate of drug-likeness (QED) is 0.619. The Morgan fingerprint density at radius 3 is 1.90 bits per heavy atom. The molecule has 0 aromatic heterocycles. The van der Waals surface area contributed by atoms with Gasteiger partial charge in [-0.2, -0.15) is 0 Å². The van der Waals surface area contributed by atoms with Crippen LogP contribution >= 0.6 is 0 Å². The van der Waals surface area contributed by atoms with Crippen molar-refractivity contribution in [2.75, 3.05) is 7.05 Å². The van der Waals surface area contributed by atoms with Crippen molar-refractivity contribution >= 4 is 0 Å². The van der Waals surface area contributed by atoms with Crippen LogP contribution in [0.3, 0.4) is 0 Å². The van der Waals surface area contributed by atoms with Gasteiger partial charge in [0.05, 0.1) is 0 Å². The predicted molar refractivity (Wildman–Crippen MR) is 47.5 cm³/mol. The summed E-state index contributed by atoms with van der Waals surface area (Å²) in [4.78, 5) is 0. The summed E-state index contributed by atoms with van der Waals surface area (Å²) in [6.07, 6.45) is 1.81. The number of rotatable bonds is 2. The largest absolute Gasteiger partial charge is 0.401 e. The van der Waals surface area contributed by atoms with Crippen molar-refractivity contribution in [2.24, 2.45) is 11.7 Å². The van der Waals surface area contributed by atoms with Gasteiger partial charge >= 0.3 is 0 Å². The molecule has 0 spiro atoms. The van der Waals surface area contributed by atoms with Crippen LogP contribution in [-0.4, -0.2) is 7.05 Å². The van der Waals surface area contributed by atoms with E-state index in [0.717, 1.165) is 5.70 Å². The number of nitrogens with one attached hydrogen (secondary N) is 1. The Hall–Kier alpha value is -0.660. The van der Waals surface area contributed by atoms with Crippen molar-refractivity contribution in [3.05, 3.63) is 11.9 Å². The summed E-state index contributed by atoms with van der Waals surface area (Å²) in [5, 5.41) is 2.86. The zero-order valence-corrected chi connectivity index (χ0v) is 7.73. The second-order valence-corrected chi connectivity index (χ2v) is 2.09. The summed E-state index contributed by atoms with van der Waals surface area (Å²) in [6, 6.07) is 0. The Bertz CT molecular complexity index is 85.3. The van der Waals surface area contributed by atoms with Crippen LogP contribution in [0, 0.1) is 5.92 Å². The monoisotopic (exact) mass is 144 g/mol. The second kappa shape index (κ2) is 8.34. The van der Waals surface area contributed by atoms with Crippen LogP contribution in [0.25, 0.3) is 0 Å². The topological polar surface area (TPSA) is 38.0 Å². The normalized spacial score (nSPS) is 10.4. The van der Waals surface area contributed by atoms with Crippen molar-refractivity contribution in [2.45, 2.75) is 27.7 Å². The van der Waals surface area contributed by atoms with Gasteiger partial charge in [-0.15, -0.1) is 0 Å². The van der Waals surface area contributed by atoms with Gasteiger partial charge in [-0.25, -0.2) is 0 Å². The molecular formula is C8H20N2. The molecule has 2 heteroatoms. The van der Waals surface area contributed by atoms with Gasteiger partial charge < -0.3 is 11.1 Å². The van der Waals surface area contributed by atoms with Crippen LogP contribution in [0.1, 0.15) is 27.7 Å². The lowest BCUT2D eigenvalue weighted by molar-refractivity contribution is 0.745. The Balaban J connectivity index is 0. The van der Waals surface area contributed by atoms with Crippen LogP contribution in [0.4, 0.5) is 0 Å². The fraction of sp³-hybridized carbons (Fsp3) is 0.750. The summed E-state index contributed by atoms with van der Waals surface area (Å²) < 4.78 is 0. The van der Waals surface area contributed by atoms with Crippen molar-refractivity contribution in [3.8, 4) is 0 Å². The summed E-state index contributed by atoms with van der Waals surface area (Å²) in [7, 11) is 1.84. The Morgan fingerprint density at radius 1 is 1.40 bits per heavy atom. The molecule has 0 fully saturated rings. The summed E-state index contributed by atoms with van der Waals surface area (Å²) in [5.74, 6) is 0.447. The maximum Gasteiger partial charge on any atom is 0.0266 e. The number of hydrogen-bond donors (Lipinski definition) is 2. The first-order valence-electron chi connectivity index (χ1n) is 3.81. The van der Waals surface area contributed by atoms with Gasteiger partial charge in [0.2, 0.25) is 0 Å². The maximum absolute atomic E-state index is 5.53. The SMILES string of the molecule is CC.CN/C=C(\N)C(C)C. The second-order valence-electron chi connectivity index (χ2n) is 2.09. The van der Waals surface area contributed by atoms with E-state index in [1.54, 1.807) is 0 Å². The third-order valence-electron chi connectivity index (χ3n) is 0.978. The van der Waals surface area contributed by atoms with Crippen LogP contribution in [-0.2, 0) is 0 Å². The third kappa shape index (κ3) is 7.34. The van der Waals surface area contributed by atoms with E-state index in [1.165, 1.54) is 0 Å². The molecule has 2 nitrogen and oxygen atoms in total. The van der Waals surface area contributed by atoms with Crippen LogP contribution in [0.2, 0.25) is 0 Å². The van der Waals surface area contributed by atoms with Gasteiger partial charge in [-0.05, 0) is 5.92 Å². The first-order chi connectivity index (χ1) is 4.68. The van der Waals surface area contributed by atoms with Gasteiger partial charge in [-0.1, -0.05) is 27.7 Å². The first kappa shape index (κ1) is 12.1. The third-order valence-corrected chi connectivity index (χ3v) is 0.978. The van der Waals surface area contributed by atoms with Gasteiger partial charge in [0.25, 0.3) is 0 Å². The van der Waals surface area contributed by atoms with Gasteiger partial charge in [0, 0.05) is 18.9 Å². The number of hydrogen-bond acceptors (Lipinski definition) is 2. The van der Waals surface area contributed by atoms with Gasteiger partial charge in [0.15, 0.2) is 0 Å². The molecule has 0 unspecified atom stereocenters. The standard InChI is InChI=1S/C6H14N2.C2H6/c1-5(2)6(7)4-8-3;1-2/h4-5,8H,7H2,1-3H3;1-2H3/b6-4-;. The van der Waals surface area contributed by atoms with E-state index >= 15 is 0 Å². The predicted octanol–water partition coefficient (Wildman–Crippen LogP) is 1.69. The van der Waals surface area contributed by atoms with Gasteiger partial charge in [-0.3, -0.25) is 0 Å². The molecule has 0 aliphatic rings. The van der Waals surface area contributed by atoms with Crippen molar-refractivity contribution < 1.29 is 0 Å². The summed E-state index contributed by atoms with van der Waals surface area (Å²) >= 11 is 0. The van der Waals surface area contributed by atoms with E-state index in [0.29, 0.717) is 5.92 Å². The van der Waals surface area contributed by atoms with E-state index in [9.17, 15) is 0 Å². The smallest absolute Gasteiger partial charge is 0.0266 e. The molecule has 0 aromatic rings. The Labute approximate surface area is 64.5 Å². The van der Waals surface area contributed by atoms with Gasteiger partial charge in [0.1, 0.15) is 0 Å². The van der Waals surface area contributed by atoms with E-state index in [2.05, 4.69) is 19.2 Å². The lowest BCUT2D eigenvalue weighted by Gasteiger charge is -2.02. The minimum atomic E-state index is 0.447. The highest BCUT2D eigenvalue weighted by atomic mass is 14.8. The summed E-state index contributed by atoms with van der Waals surface area (Å²) in [5.41, 5.74) is 6.42. The molecule has 0 saturated heterocycles. The fourth-order valence-corrected chi connectivity index (χ4v) is 0.333. The lowest BCUT2D eigenvalue weighted by atomic mass is 10.2. The zero-order valence-electron chi connectivity index (χ0n) is 7.73. The number of nitrogens with two attached hydrogens (primary N) is 1. The molecule has 62 valence electrons. The Morgan fingerprint density at radius 2 is 1.80 bits per heavy atom. The average Bonchev–Trinajstić information content (AvgIpc) is 1.93. The fourth-order valence-electron chi connectivity index (χ4n) is 0.333. The average molecular weight is 144 g/mol. The van der Waals surface area contributed by atoms with E-state index < -0.39 is 0 Å². The molecular weight excluding hydrogens is 124 g/mol. The van der Waals surface area contributed by atoms with Crippen molar-refractivity contribution in [1.82, 2.24) is 5.32 Å². The molecule has 0 rings (SSSR count). The van der Waals surface area contributed by atoms with Crippen LogP contribution < -0.4 is 11.1 Å². The Kier molecular flexibility index (Phi) is 10.1. The highest BCUT2D eigenvalue weighted by Gasteiger charge is 1.92. The molecule has 0 aliphatic carbocycles. The maximum atomic E-state index is 5.53. The molecule has 3 N–H and O–H groups in total. The van der Waals surface area contributed by atoms with E-state index in [1.807, 2.05) is 27.1 Å². The first-order valence-corrected chi connectivity index (χ1v) is 3.81. The minimum Gasteiger partial charge on any atom is -0.401 e. The molecule has 0 heterocycles. The molecule has 0 atom stereocenters.